The zero-order chi connectivity index (χ0) is 92.2. The largest absolute Gasteiger partial charge is 1.00 e. The van der Waals surface area contributed by atoms with E-state index in [1.807, 2.05) is 63.4 Å². The second-order valence-electron chi connectivity index (χ2n) is 35.7. The molecule has 0 saturated carbocycles. The van der Waals surface area contributed by atoms with Crippen LogP contribution in [-0.4, -0.2) is 75.4 Å². The first kappa shape index (κ1) is 97.6. The molecular weight excluding hydrogens is 2500 g/mol. The van der Waals surface area contributed by atoms with Crippen molar-refractivity contribution in [2.75, 3.05) is 20.0 Å². The monoisotopic (exact) mass is 2600 g/mol. The molecule has 4 unspecified atom stereocenters. The van der Waals surface area contributed by atoms with Gasteiger partial charge in [-0.1, -0.05) is 302 Å². The molecule has 12 heterocycles. The zero-order valence-corrected chi connectivity index (χ0v) is 92.2. The minimum absolute atomic E-state index is 0. The molecule has 4 aliphatic rings. The van der Waals surface area contributed by atoms with Gasteiger partial charge >= 0.3 is 79.2 Å². The Balaban J connectivity index is 0.000000126. The third kappa shape index (κ3) is 18.7. The van der Waals surface area contributed by atoms with Crippen molar-refractivity contribution in [2.45, 2.75) is 46.7 Å². The summed E-state index contributed by atoms with van der Waals surface area (Å²) in [5.74, 6) is 1.52. The van der Waals surface area contributed by atoms with E-state index in [0.29, 0.717) is 0 Å². The smallest absolute Gasteiger partial charge is 0.574 e. The summed E-state index contributed by atoms with van der Waals surface area (Å²) in [6.45, 7) is 20.3. The molecule has 0 saturated heterocycles. The summed E-state index contributed by atoms with van der Waals surface area (Å²) >= 11 is 0. The maximum absolute atomic E-state index is 5.39. The van der Waals surface area contributed by atoms with E-state index in [1.165, 1.54) is 115 Å². The predicted molar refractivity (Wildman–Crippen MR) is 571 cm³/mol. The van der Waals surface area contributed by atoms with Crippen molar-refractivity contribution >= 4 is 74.1 Å². The first-order chi connectivity index (χ1) is 66.6. The number of rotatable bonds is 13. The fourth-order valence-electron chi connectivity index (χ4n) is 20.1. The molecule has 0 spiro atoms. The van der Waals surface area contributed by atoms with Gasteiger partial charge in [-0.2, -0.15) is 0 Å². The Morgan fingerprint density at radius 1 is 0.243 bits per heavy atom. The van der Waals surface area contributed by atoms with Crippen molar-refractivity contribution in [1.29, 1.82) is 0 Å². The van der Waals surface area contributed by atoms with Crippen LogP contribution in [0.25, 0.3) is 191 Å². The van der Waals surface area contributed by atoms with Crippen LogP contribution in [0, 0.1) is 20.8 Å². The predicted octanol–water partition coefficient (Wildman–Crippen LogP) is 23.4. The average Bonchev–Trinajstić information content (AvgIpc) is 1.53. The van der Waals surface area contributed by atoms with Crippen LogP contribution in [0.5, 0.6) is 0 Å². The third-order valence-electron chi connectivity index (χ3n) is 26.2. The number of hydrogen-bond donors (Lipinski definition) is 0. The second-order valence-corrected chi connectivity index (χ2v) is 45.8. The molecular formula is C118H94N14Os4P4+4. The number of hydrogen-bond acceptors (Lipinski definition) is 10. The van der Waals surface area contributed by atoms with Crippen molar-refractivity contribution in [3.8, 4) is 191 Å². The number of fused-ring (bicyclic) bond motifs is 12. The number of nitrogens with zero attached hydrogens (tertiary/aromatic N) is 14. The molecule has 14 nitrogen and oxygen atoms in total. The topological polar surface area (TPSA) is 185 Å². The van der Waals surface area contributed by atoms with Gasteiger partial charge < -0.3 is 40.8 Å². The number of aryl methyl sites for hydroxylation is 3. The van der Waals surface area contributed by atoms with Gasteiger partial charge in [-0.3, -0.25) is 0 Å². The molecule has 21 aromatic rings. The van der Waals surface area contributed by atoms with Gasteiger partial charge in [-0.15, -0.1) is 0 Å². The van der Waals surface area contributed by atoms with Crippen LogP contribution in [0.1, 0.15) is 37.9 Å². The number of pyridine rings is 2. The molecule has 0 amide bonds. The first-order valence-corrected chi connectivity index (χ1v) is 53.4. The van der Waals surface area contributed by atoms with E-state index in [2.05, 4.69) is 414 Å². The van der Waals surface area contributed by atoms with E-state index < -0.39 is 31.7 Å². The van der Waals surface area contributed by atoms with Crippen LogP contribution in [-0.2, 0) is 79.2 Å². The molecule has 0 fully saturated rings. The third-order valence-corrected chi connectivity index (χ3v) is 37.3. The molecule has 140 heavy (non-hydrogen) atoms. The van der Waals surface area contributed by atoms with Crippen molar-refractivity contribution in [3.63, 3.8) is 0 Å². The van der Waals surface area contributed by atoms with Gasteiger partial charge in [0.1, 0.15) is 42.4 Å². The Bertz CT molecular complexity index is 8110. The van der Waals surface area contributed by atoms with Gasteiger partial charge in [0, 0.05) is 91.3 Å². The van der Waals surface area contributed by atoms with Gasteiger partial charge in [-0.25, -0.2) is 29.9 Å². The number of aromatic nitrogens is 14. The Morgan fingerprint density at radius 3 is 1.02 bits per heavy atom. The summed E-state index contributed by atoms with van der Waals surface area (Å²) < 4.78 is 0. The first-order valence-electron chi connectivity index (χ1n) is 45.9. The molecule has 0 N–H and O–H groups in total. The Morgan fingerprint density at radius 2 is 0.586 bits per heavy atom. The van der Waals surface area contributed by atoms with E-state index in [-0.39, 0.29) is 84.3 Å². The second kappa shape index (κ2) is 42.1. The van der Waals surface area contributed by atoms with Crippen molar-refractivity contribution in [2.24, 2.45) is 0 Å². The van der Waals surface area contributed by atoms with Gasteiger partial charge in [0.15, 0.2) is 11.6 Å². The summed E-state index contributed by atoms with van der Waals surface area (Å²) in [5, 5.41) is 46.5. The van der Waals surface area contributed by atoms with E-state index >= 15 is 0 Å². The molecule has 684 valence electrons. The van der Waals surface area contributed by atoms with Crippen LogP contribution in [0.4, 0.5) is 0 Å². The summed E-state index contributed by atoms with van der Waals surface area (Å²) in [6, 6.07) is 129. The summed E-state index contributed by atoms with van der Waals surface area (Å²) in [5.41, 5.74) is 37.8. The van der Waals surface area contributed by atoms with Crippen LogP contribution < -0.4 is 62.8 Å². The van der Waals surface area contributed by atoms with Crippen LogP contribution in [0.15, 0.2) is 383 Å². The molecule has 0 bridgehead atoms. The quantitative estimate of drug-likeness (QED) is 0.0993. The van der Waals surface area contributed by atoms with Gasteiger partial charge in [0.2, 0.25) is 0 Å². The minimum atomic E-state index is -1.09. The van der Waals surface area contributed by atoms with E-state index in [4.69, 9.17) is 25.0 Å². The van der Waals surface area contributed by atoms with E-state index in [0.717, 1.165) is 136 Å². The van der Waals surface area contributed by atoms with Crippen LogP contribution in [0.2, 0.25) is 0 Å². The zero-order valence-electron chi connectivity index (χ0n) is 78.0. The van der Waals surface area contributed by atoms with Crippen molar-refractivity contribution in [1.82, 2.24) is 70.7 Å². The molecule has 0 aliphatic carbocycles. The average molecular weight is 2590 g/mol. The summed E-state index contributed by atoms with van der Waals surface area (Å²) in [6.07, 6.45) is 5.29. The van der Waals surface area contributed by atoms with Gasteiger partial charge in [0.05, 0.1) is 102 Å². The van der Waals surface area contributed by atoms with Crippen molar-refractivity contribution in [3.05, 3.63) is 400 Å². The van der Waals surface area contributed by atoms with Crippen molar-refractivity contribution < 1.29 is 79.2 Å². The molecule has 4 aliphatic heterocycles. The molecule has 4 radical (unpaired) electrons. The van der Waals surface area contributed by atoms with Gasteiger partial charge in [-0.05, 0) is 182 Å². The molecule has 13 aromatic carbocycles. The minimum Gasteiger partial charge on any atom is -0.574 e. The summed E-state index contributed by atoms with van der Waals surface area (Å²) in [7, 11) is -3.70. The normalized spacial score (nSPS) is 13.8. The maximum atomic E-state index is 5.39. The summed E-state index contributed by atoms with van der Waals surface area (Å²) in [4.78, 5) is 29.5. The Kier molecular flexibility index (Phi) is 29.3. The Labute approximate surface area is 873 Å². The molecule has 25 rings (SSSR count). The Hall–Kier alpha value is -12.6. The van der Waals surface area contributed by atoms with Gasteiger partial charge in [0.25, 0.3) is 0 Å². The molecule has 8 aromatic heterocycles. The SMILES string of the molecule is C[PH+]1c2ccccc2-c2cccc(-c3nccc(-c4ccn[n-]4)n3)c21.Cc1cc(-c2ccnc(-c3cccc4c3[PH+](C)c3ccccc3-4)n2)[n-]n1.Cc1n[n-]c(-c2cc(-c3ccccc3)cc(-c3cccc4c3[PH+](C(C)(C)C)c3ccccc3-4)n2)c1-c1ccccc1.Cc1n[n-]c(-c2cc(-c3ccccc3-c3ccccc3)cc(-c3cccc4c3[PH+](C)c3ccccc3-4)n2)c1-c1ccccc1.[Os+].[Os+].[Os+].[Os+]. The molecule has 4 atom stereocenters. The van der Waals surface area contributed by atoms with Crippen LogP contribution >= 0.6 is 31.7 Å². The molecule has 22 heteroatoms. The maximum Gasteiger partial charge on any atom is 1.00 e. The fraction of sp³-hybridized carbons (Fsp3) is 0.0847. The van der Waals surface area contributed by atoms with Crippen LogP contribution in [0.3, 0.4) is 0 Å². The standard InChI is InChI=1S/C40H29N3P.C37H31N3P.C21H16N4P.C20H14N4P.4Os/c1-26-38(28-16-7-4-8-17-28)39(43-42-26)36-25-29(31-19-10-9-18-30(31)27-14-5-3-6-15-27)24-35(41-36)34-22-13-21-33-32-20-11-12-23-37(32)44(2)40(33)34;1-24-34(26-16-9-6-10-17-26)35(40-39-24)32-23-27(25-14-7-5-8-15-25)22-31(38-32)30-20-13-19-29-28-18-11-12-21-33(28)41(36(29)30)37(2,3)4;1-13-12-18(25-24-13)17-10-11-22-21(23-17)16-8-5-7-15-14-6-3-4-9-19(14)26(2)20(15)16;1-25-18-8-3-2-5-13(18)14-6-4-7-15(19(14)25)20-21-11-9-16(23-20)17-10-12-22-24-17;;;;/h3-25H,1-2H3;5-23H,1-4H3;3-12H,1-2H3;2-12H,1H3;;;;/q4*-1;4*+1/p+4. The van der Waals surface area contributed by atoms with E-state index in [1.54, 1.807) is 12.4 Å². The fourth-order valence-corrected chi connectivity index (χ4v) is 31.0. The van der Waals surface area contributed by atoms with E-state index in [9.17, 15) is 0 Å². The number of benzene rings is 13.